The number of rotatable bonds is 3. The van der Waals surface area contributed by atoms with E-state index in [9.17, 15) is 5.26 Å². The Morgan fingerprint density at radius 3 is 2.48 bits per heavy atom. The van der Waals surface area contributed by atoms with Gasteiger partial charge in [-0.25, -0.2) is 0 Å². The molecular weight excluding hydrogens is 395 g/mol. The zero-order valence-electron chi connectivity index (χ0n) is 14.3. The van der Waals surface area contributed by atoms with E-state index in [4.69, 9.17) is 23.2 Å². The van der Waals surface area contributed by atoms with Crippen molar-refractivity contribution >= 4 is 40.7 Å². The van der Waals surface area contributed by atoms with Crippen LogP contribution in [0.1, 0.15) is 11.1 Å². The fourth-order valence-corrected chi connectivity index (χ4v) is 5.05. The summed E-state index contributed by atoms with van der Waals surface area (Å²) >= 11 is 13.9. The van der Waals surface area contributed by atoms with Crippen molar-refractivity contribution in [3.8, 4) is 6.07 Å². The fraction of sp³-hybridized carbons (Fsp3) is 0.136. The summed E-state index contributed by atoms with van der Waals surface area (Å²) in [5.74, 6) is 0. The van der Waals surface area contributed by atoms with Crippen molar-refractivity contribution in [1.82, 2.24) is 0 Å². The molecule has 2 nitrogen and oxygen atoms in total. The molecule has 0 aliphatic carbocycles. The molecule has 0 aromatic heterocycles. The summed E-state index contributed by atoms with van der Waals surface area (Å²) in [5.41, 5.74) is 2.54. The highest BCUT2D eigenvalue weighted by atomic mass is 35.5. The van der Waals surface area contributed by atoms with Gasteiger partial charge < -0.3 is 5.32 Å². The third kappa shape index (κ3) is 3.53. The Labute approximate surface area is 173 Å². The van der Waals surface area contributed by atoms with E-state index in [2.05, 4.69) is 17.5 Å². The minimum atomic E-state index is -0.594. The molecule has 2 unspecified atom stereocenters. The normalized spacial score (nSPS) is 21.0. The molecule has 3 aromatic rings. The zero-order chi connectivity index (χ0) is 18.9. The number of thioether (sulfide) groups is 1. The number of hydrogen-bond donors (Lipinski definition) is 1. The highest BCUT2D eigenvalue weighted by Crippen LogP contribution is 2.48. The topological polar surface area (TPSA) is 35.8 Å². The number of nitrogens with one attached hydrogen (secondary N) is 1. The number of halogens is 2. The summed E-state index contributed by atoms with van der Waals surface area (Å²) in [4.78, 5) is 1.08. The first kappa shape index (κ1) is 18.3. The molecule has 1 aliphatic rings. The number of nitrogens with zero attached hydrogens (tertiary/aromatic N) is 1. The van der Waals surface area contributed by atoms with Crippen LogP contribution in [0, 0.1) is 11.3 Å². The third-order valence-electron chi connectivity index (χ3n) is 4.79. The van der Waals surface area contributed by atoms with E-state index in [1.54, 1.807) is 11.8 Å². The maximum absolute atomic E-state index is 10.0. The number of benzene rings is 3. The zero-order valence-corrected chi connectivity index (χ0v) is 16.7. The lowest BCUT2D eigenvalue weighted by Crippen LogP contribution is -2.48. The van der Waals surface area contributed by atoms with Crippen LogP contribution in [0.25, 0.3) is 0 Å². The summed E-state index contributed by atoms with van der Waals surface area (Å²) in [6, 6.07) is 26.2. The first-order valence-corrected chi connectivity index (χ1v) is 10.2. The molecule has 0 fully saturated rings. The van der Waals surface area contributed by atoms with Crippen LogP contribution in [0.4, 0.5) is 5.69 Å². The van der Waals surface area contributed by atoms with Gasteiger partial charge in [-0.15, -0.1) is 11.8 Å². The predicted molar refractivity (Wildman–Crippen MR) is 114 cm³/mol. The lowest BCUT2D eigenvalue weighted by molar-refractivity contribution is 0.501. The maximum atomic E-state index is 10.0. The molecule has 1 aliphatic heterocycles. The van der Waals surface area contributed by atoms with Crippen molar-refractivity contribution in [1.29, 1.82) is 5.26 Å². The average Bonchev–Trinajstić information content (AvgIpc) is 2.68. The van der Waals surface area contributed by atoms with Gasteiger partial charge in [-0.3, -0.25) is 0 Å². The van der Waals surface area contributed by atoms with E-state index < -0.39 is 5.54 Å². The standard InChI is InChI=1S/C22H16Cl2N2S/c23-17-10-8-16(9-11-17)22(13-15-4-3-5-18(24)12-15)21(14-25)27-20-7-2-1-6-19(20)26-22/h1-12,21,26H,13H2. The van der Waals surface area contributed by atoms with E-state index in [0.29, 0.717) is 16.5 Å². The first-order chi connectivity index (χ1) is 13.1. The van der Waals surface area contributed by atoms with E-state index >= 15 is 0 Å². The van der Waals surface area contributed by atoms with Gasteiger partial charge in [0.2, 0.25) is 0 Å². The van der Waals surface area contributed by atoms with Gasteiger partial charge in [0.25, 0.3) is 0 Å². The molecule has 1 N–H and O–H groups in total. The van der Waals surface area contributed by atoms with Gasteiger partial charge in [-0.05, 0) is 47.5 Å². The van der Waals surface area contributed by atoms with E-state index in [1.165, 1.54) is 0 Å². The van der Waals surface area contributed by atoms with Crippen LogP contribution in [0.5, 0.6) is 0 Å². The minimum Gasteiger partial charge on any atom is -0.372 e. The second-order valence-corrected chi connectivity index (χ2v) is 8.55. The lowest BCUT2D eigenvalue weighted by atomic mass is 9.80. The monoisotopic (exact) mass is 410 g/mol. The lowest BCUT2D eigenvalue weighted by Gasteiger charge is -2.43. The molecule has 0 spiro atoms. The molecule has 1 heterocycles. The van der Waals surface area contributed by atoms with Crippen LogP contribution in [-0.2, 0) is 12.0 Å². The van der Waals surface area contributed by atoms with Gasteiger partial charge in [0.1, 0.15) is 5.25 Å². The summed E-state index contributed by atoms with van der Waals surface area (Å²) in [6.07, 6.45) is 0.634. The van der Waals surface area contributed by atoms with Crippen LogP contribution >= 0.6 is 35.0 Å². The molecule has 0 bridgehead atoms. The van der Waals surface area contributed by atoms with Gasteiger partial charge in [-0.1, -0.05) is 59.6 Å². The molecule has 4 rings (SSSR count). The molecule has 0 saturated carbocycles. The first-order valence-electron chi connectivity index (χ1n) is 8.55. The molecule has 5 heteroatoms. The van der Waals surface area contributed by atoms with Crippen molar-refractivity contribution in [2.24, 2.45) is 0 Å². The van der Waals surface area contributed by atoms with Crippen LogP contribution in [0.2, 0.25) is 10.0 Å². The molecule has 3 aromatic carbocycles. The number of fused-ring (bicyclic) bond motifs is 1. The molecule has 134 valence electrons. The third-order valence-corrected chi connectivity index (χ3v) is 6.63. The highest BCUT2D eigenvalue weighted by molar-refractivity contribution is 8.00. The summed E-state index contributed by atoms with van der Waals surface area (Å²) in [5, 5.41) is 14.8. The van der Waals surface area contributed by atoms with Crippen LogP contribution in [0.3, 0.4) is 0 Å². The van der Waals surface area contributed by atoms with Crippen molar-refractivity contribution in [3.05, 3.63) is 94.0 Å². The Balaban J connectivity index is 1.87. The summed E-state index contributed by atoms with van der Waals surface area (Å²) in [6.45, 7) is 0. The molecule has 0 radical (unpaired) electrons. The van der Waals surface area contributed by atoms with Crippen molar-refractivity contribution in [2.45, 2.75) is 22.1 Å². The number of hydrogen-bond acceptors (Lipinski definition) is 3. The Hall–Kier alpha value is -2.12. The van der Waals surface area contributed by atoms with Gasteiger partial charge in [-0.2, -0.15) is 5.26 Å². The van der Waals surface area contributed by atoms with Crippen LogP contribution in [0.15, 0.2) is 77.7 Å². The Morgan fingerprint density at radius 1 is 0.963 bits per heavy atom. The van der Waals surface area contributed by atoms with Gasteiger partial charge in [0, 0.05) is 27.0 Å². The highest BCUT2D eigenvalue weighted by Gasteiger charge is 2.45. The summed E-state index contributed by atoms with van der Waals surface area (Å²) in [7, 11) is 0. The molecule has 0 saturated heterocycles. The van der Waals surface area contributed by atoms with E-state index in [1.807, 2.05) is 66.7 Å². The molecular formula is C22H16Cl2N2S. The Morgan fingerprint density at radius 2 is 1.74 bits per heavy atom. The second kappa shape index (κ2) is 7.48. The molecule has 2 atom stereocenters. The fourth-order valence-electron chi connectivity index (χ4n) is 3.52. The van der Waals surface area contributed by atoms with Crippen molar-refractivity contribution in [3.63, 3.8) is 0 Å². The predicted octanol–water partition coefficient (Wildman–Crippen LogP) is 6.54. The molecule has 27 heavy (non-hydrogen) atoms. The van der Waals surface area contributed by atoms with E-state index in [0.717, 1.165) is 21.7 Å². The minimum absolute atomic E-state index is 0.312. The van der Waals surface area contributed by atoms with Gasteiger partial charge in [0.15, 0.2) is 0 Å². The number of nitriles is 1. The average molecular weight is 411 g/mol. The largest absolute Gasteiger partial charge is 0.372 e. The quantitative estimate of drug-likeness (QED) is 0.532. The number of para-hydroxylation sites is 1. The van der Waals surface area contributed by atoms with Gasteiger partial charge in [0.05, 0.1) is 11.6 Å². The maximum Gasteiger partial charge on any atom is 0.124 e. The SMILES string of the molecule is N#CC1Sc2ccccc2NC1(Cc1cccc(Cl)c1)c1ccc(Cl)cc1. The summed E-state index contributed by atoms with van der Waals surface area (Å²) < 4.78 is 0. The van der Waals surface area contributed by atoms with Crippen LogP contribution in [-0.4, -0.2) is 5.25 Å². The Bertz CT molecular complexity index is 1010. The second-order valence-electron chi connectivity index (χ2n) is 6.53. The molecule has 0 amide bonds. The van der Waals surface area contributed by atoms with Gasteiger partial charge >= 0.3 is 0 Å². The Kier molecular flexibility index (Phi) is 5.06. The van der Waals surface area contributed by atoms with E-state index in [-0.39, 0.29) is 5.25 Å². The van der Waals surface area contributed by atoms with Crippen molar-refractivity contribution < 1.29 is 0 Å². The van der Waals surface area contributed by atoms with Crippen LogP contribution < -0.4 is 5.32 Å². The van der Waals surface area contributed by atoms with Crippen molar-refractivity contribution in [2.75, 3.05) is 5.32 Å². The smallest absolute Gasteiger partial charge is 0.124 e. The number of anilines is 1.